The number of aliphatic carboxylic acids is 1. The SMILES string of the molecule is CC(=O)C(C(=O)O)C(C)(C)C.[Cu]. The first-order valence-electron chi connectivity index (χ1n) is 3.50. The molecule has 0 aromatic heterocycles. The number of carbonyl (C=O) groups is 2. The minimum Gasteiger partial charge on any atom is -0.481 e. The molecule has 0 heterocycles. The van der Waals surface area contributed by atoms with E-state index in [1.165, 1.54) is 6.92 Å². The van der Waals surface area contributed by atoms with Crippen molar-refractivity contribution in [3.8, 4) is 0 Å². The van der Waals surface area contributed by atoms with Crippen LogP contribution in [0.1, 0.15) is 27.7 Å². The van der Waals surface area contributed by atoms with E-state index in [1.807, 2.05) is 0 Å². The maximum absolute atomic E-state index is 10.9. The molecule has 0 amide bonds. The van der Waals surface area contributed by atoms with E-state index in [0.29, 0.717) is 0 Å². The first-order valence-corrected chi connectivity index (χ1v) is 3.50. The van der Waals surface area contributed by atoms with Crippen LogP contribution in [0.15, 0.2) is 0 Å². The normalized spacial score (nSPS) is 13.0. The monoisotopic (exact) mass is 221 g/mol. The molecule has 0 rings (SSSR count). The van der Waals surface area contributed by atoms with Crippen molar-refractivity contribution < 1.29 is 31.8 Å². The van der Waals surface area contributed by atoms with Gasteiger partial charge in [0.1, 0.15) is 11.7 Å². The molecule has 0 saturated carbocycles. The van der Waals surface area contributed by atoms with Crippen LogP contribution in [-0.2, 0) is 26.7 Å². The smallest absolute Gasteiger partial charge is 0.314 e. The molecular weight excluding hydrogens is 208 g/mol. The Balaban J connectivity index is 0. The summed E-state index contributed by atoms with van der Waals surface area (Å²) in [5, 5.41) is 8.66. The second-order valence-electron chi connectivity index (χ2n) is 3.75. The molecule has 0 aliphatic heterocycles. The second-order valence-corrected chi connectivity index (χ2v) is 3.75. The predicted octanol–water partition coefficient (Wildman–Crippen LogP) is 1.32. The van der Waals surface area contributed by atoms with Gasteiger partial charge in [-0.2, -0.15) is 0 Å². The van der Waals surface area contributed by atoms with E-state index in [2.05, 4.69) is 0 Å². The van der Waals surface area contributed by atoms with E-state index in [9.17, 15) is 9.59 Å². The van der Waals surface area contributed by atoms with Gasteiger partial charge < -0.3 is 5.11 Å². The third-order valence-corrected chi connectivity index (χ3v) is 1.52. The summed E-state index contributed by atoms with van der Waals surface area (Å²) in [4.78, 5) is 21.4. The van der Waals surface area contributed by atoms with Crippen LogP contribution in [0.2, 0.25) is 0 Å². The molecule has 12 heavy (non-hydrogen) atoms. The van der Waals surface area contributed by atoms with Gasteiger partial charge in [-0.1, -0.05) is 20.8 Å². The van der Waals surface area contributed by atoms with Crippen molar-refractivity contribution in [2.45, 2.75) is 27.7 Å². The van der Waals surface area contributed by atoms with Crippen LogP contribution in [0.25, 0.3) is 0 Å². The Morgan fingerprint density at radius 1 is 1.25 bits per heavy atom. The number of hydrogen-bond donors (Lipinski definition) is 1. The molecule has 0 spiro atoms. The minimum atomic E-state index is -1.04. The molecular formula is C8H14CuO3. The number of Topliss-reactive ketones (excluding diaryl/α,β-unsaturated/α-hetero) is 1. The molecule has 75 valence electrons. The Labute approximate surface area is 83.0 Å². The summed E-state index contributed by atoms with van der Waals surface area (Å²) >= 11 is 0. The minimum absolute atomic E-state index is 0. The Kier molecular flexibility index (Phi) is 5.48. The van der Waals surface area contributed by atoms with E-state index in [1.54, 1.807) is 20.8 Å². The molecule has 0 aliphatic carbocycles. The van der Waals surface area contributed by atoms with Crippen molar-refractivity contribution >= 4 is 11.8 Å². The van der Waals surface area contributed by atoms with Crippen LogP contribution in [0.4, 0.5) is 0 Å². The van der Waals surface area contributed by atoms with Crippen LogP contribution in [0.3, 0.4) is 0 Å². The summed E-state index contributed by atoms with van der Waals surface area (Å²) < 4.78 is 0. The third kappa shape index (κ3) is 3.88. The van der Waals surface area contributed by atoms with E-state index >= 15 is 0 Å². The summed E-state index contributed by atoms with van der Waals surface area (Å²) in [6.45, 7) is 6.54. The number of hydrogen-bond acceptors (Lipinski definition) is 2. The quantitative estimate of drug-likeness (QED) is 0.565. The van der Waals surface area contributed by atoms with Gasteiger partial charge in [-0.25, -0.2) is 0 Å². The first kappa shape index (κ1) is 14.2. The number of ketones is 1. The van der Waals surface area contributed by atoms with Gasteiger partial charge in [0.05, 0.1) is 0 Å². The average molecular weight is 222 g/mol. The zero-order valence-corrected chi connectivity index (χ0v) is 8.58. The Hall–Kier alpha value is -0.341. The molecule has 4 heteroatoms. The second kappa shape index (κ2) is 4.63. The first-order chi connectivity index (χ1) is 4.76. The number of carboxylic acid groups (broad SMARTS) is 1. The Morgan fingerprint density at radius 2 is 1.58 bits per heavy atom. The van der Waals surface area contributed by atoms with Crippen molar-refractivity contribution in [2.75, 3.05) is 0 Å². The van der Waals surface area contributed by atoms with Gasteiger partial charge in [-0.15, -0.1) is 0 Å². The average Bonchev–Trinajstić information content (AvgIpc) is 1.54. The molecule has 0 aromatic rings. The van der Waals surface area contributed by atoms with E-state index in [0.717, 1.165) is 0 Å². The molecule has 1 unspecified atom stereocenters. The molecule has 0 aliphatic rings. The molecule has 0 aromatic carbocycles. The van der Waals surface area contributed by atoms with Gasteiger partial charge in [0.2, 0.25) is 0 Å². The third-order valence-electron chi connectivity index (χ3n) is 1.52. The molecule has 1 N–H and O–H groups in total. The van der Waals surface area contributed by atoms with Crippen LogP contribution in [-0.4, -0.2) is 16.9 Å². The predicted molar refractivity (Wildman–Crippen MR) is 41.3 cm³/mol. The molecule has 1 atom stereocenters. The van der Waals surface area contributed by atoms with Crippen LogP contribution in [0, 0.1) is 11.3 Å². The number of carboxylic acids is 1. The maximum Gasteiger partial charge on any atom is 0.314 e. The summed E-state index contributed by atoms with van der Waals surface area (Å²) in [7, 11) is 0. The van der Waals surface area contributed by atoms with Crippen LogP contribution < -0.4 is 0 Å². The van der Waals surface area contributed by atoms with Gasteiger partial charge in [0.25, 0.3) is 0 Å². The summed E-state index contributed by atoms with van der Waals surface area (Å²) in [5.41, 5.74) is -0.488. The van der Waals surface area contributed by atoms with Crippen LogP contribution in [0.5, 0.6) is 0 Å². The van der Waals surface area contributed by atoms with E-state index in [4.69, 9.17) is 5.11 Å². The maximum atomic E-state index is 10.9. The van der Waals surface area contributed by atoms with Crippen molar-refractivity contribution in [3.63, 3.8) is 0 Å². The standard InChI is InChI=1S/C8H14O3.Cu/c1-5(9)6(7(10)11)8(2,3)4;/h6H,1-4H3,(H,10,11);. The number of carbonyl (C=O) groups excluding carboxylic acids is 1. The largest absolute Gasteiger partial charge is 0.481 e. The van der Waals surface area contributed by atoms with Crippen molar-refractivity contribution in [3.05, 3.63) is 0 Å². The topological polar surface area (TPSA) is 54.4 Å². The fourth-order valence-corrected chi connectivity index (χ4v) is 1.15. The number of rotatable bonds is 2. The summed E-state index contributed by atoms with van der Waals surface area (Å²) in [6.07, 6.45) is 0. The zero-order chi connectivity index (χ0) is 9.23. The Bertz CT molecular complexity index is 167. The zero-order valence-electron chi connectivity index (χ0n) is 7.64. The van der Waals surface area contributed by atoms with Gasteiger partial charge in [0.15, 0.2) is 0 Å². The Morgan fingerprint density at radius 3 is 1.58 bits per heavy atom. The van der Waals surface area contributed by atoms with Crippen molar-refractivity contribution in [1.29, 1.82) is 0 Å². The fraction of sp³-hybridized carbons (Fsp3) is 0.750. The molecule has 0 fully saturated rings. The van der Waals surface area contributed by atoms with E-state index < -0.39 is 17.3 Å². The van der Waals surface area contributed by atoms with Crippen molar-refractivity contribution in [1.82, 2.24) is 0 Å². The summed E-state index contributed by atoms with van der Waals surface area (Å²) in [5.74, 6) is -2.21. The molecule has 0 bridgehead atoms. The molecule has 0 saturated heterocycles. The van der Waals surface area contributed by atoms with Gasteiger partial charge >= 0.3 is 5.97 Å². The molecule has 3 nitrogen and oxygen atoms in total. The van der Waals surface area contributed by atoms with Crippen LogP contribution >= 0.6 is 0 Å². The fourth-order valence-electron chi connectivity index (χ4n) is 1.15. The van der Waals surface area contributed by atoms with E-state index in [-0.39, 0.29) is 22.9 Å². The summed E-state index contributed by atoms with van der Waals surface area (Å²) in [6, 6.07) is 0. The van der Waals surface area contributed by atoms with Gasteiger partial charge in [-0.05, 0) is 12.3 Å². The van der Waals surface area contributed by atoms with Crippen molar-refractivity contribution in [2.24, 2.45) is 11.3 Å². The van der Waals surface area contributed by atoms with Gasteiger partial charge in [0, 0.05) is 17.1 Å². The molecule has 1 radical (unpaired) electrons. The van der Waals surface area contributed by atoms with Gasteiger partial charge in [-0.3, -0.25) is 9.59 Å².